The Bertz CT molecular complexity index is 1060. The van der Waals surface area contributed by atoms with Gasteiger partial charge in [-0.1, -0.05) is 103 Å². The summed E-state index contributed by atoms with van der Waals surface area (Å²) < 4.78 is 0. The molecule has 0 spiro atoms. The van der Waals surface area contributed by atoms with Crippen LogP contribution in [0.3, 0.4) is 0 Å². The van der Waals surface area contributed by atoms with Crippen LogP contribution in [-0.4, -0.2) is 0 Å². The van der Waals surface area contributed by atoms with Crippen molar-refractivity contribution < 1.29 is 0 Å². The highest BCUT2D eigenvalue weighted by molar-refractivity contribution is 5.86. The molecule has 1 heteroatoms. The van der Waals surface area contributed by atoms with Crippen molar-refractivity contribution in [1.82, 2.24) is 0 Å². The van der Waals surface area contributed by atoms with Crippen LogP contribution < -0.4 is 5.73 Å². The SMILES string of the molecule is NCc1ccc2c(c1)C(c1ccccc1)(c1ccccc1)c1ccccc1-2. The van der Waals surface area contributed by atoms with Gasteiger partial charge in [0.05, 0.1) is 5.41 Å². The highest BCUT2D eigenvalue weighted by atomic mass is 14.5. The molecule has 4 aromatic rings. The molecule has 1 aliphatic rings. The summed E-state index contributed by atoms with van der Waals surface area (Å²) in [5.41, 5.74) is 14.7. The van der Waals surface area contributed by atoms with Crippen LogP contribution in [0.1, 0.15) is 27.8 Å². The van der Waals surface area contributed by atoms with E-state index < -0.39 is 0 Å². The summed E-state index contributed by atoms with van der Waals surface area (Å²) in [5, 5.41) is 0. The first-order valence-electron chi connectivity index (χ1n) is 9.40. The van der Waals surface area contributed by atoms with E-state index in [4.69, 9.17) is 5.73 Å². The summed E-state index contributed by atoms with van der Waals surface area (Å²) in [7, 11) is 0. The lowest BCUT2D eigenvalue weighted by Crippen LogP contribution is -2.28. The fourth-order valence-corrected chi connectivity index (χ4v) is 4.62. The Morgan fingerprint density at radius 3 is 1.74 bits per heavy atom. The Labute approximate surface area is 160 Å². The number of rotatable bonds is 3. The molecule has 5 rings (SSSR count). The van der Waals surface area contributed by atoms with Crippen molar-refractivity contribution >= 4 is 0 Å². The fourth-order valence-electron chi connectivity index (χ4n) is 4.62. The predicted octanol–water partition coefficient (Wildman–Crippen LogP) is 5.51. The maximum atomic E-state index is 6.01. The van der Waals surface area contributed by atoms with E-state index >= 15 is 0 Å². The molecule has 0 aromatic heterocycles. The first kappa shape index (κ1) is 16.0. The number of fused-ring (bicyclic) bond motifs is 3. The normalized spacial score (nSPS) is 13.8. The lowest BCUT2D eigenvalue weighted by Gasteiger charge is -2.34. The van der Waals surface area contributed by atoms with E-state index in [0.29, 0.717) is 6.54 Å². The third-order valence-corrected chi connectivity index (χ3v) is 5.76. The topological polar surface area (TPSA) is 26.0 Å². The summed E-state index contributed by atoms with van der Waals surface area (Å²) in [6.45, 7) is 0.545. The number of nitrogens with two attached hydrogens (primary N) is 1. The van der Waals surface area contributed by atoms with Crippen LogP contribution in [0.4, 0.5) is 0 Å². The van der Waals surface area contributed by atoms with Gasteiger partial charge in [-0.05, 0) is 38.9 Å². The third-order valence-electron chi connectivity index (χ3n) is 5.76. The van der Waals surface area contributed by atoms with Crippen molar-refractivity contribution in [3.8, 4) is 11.1 Å². The fraction of sp³-hybridized carbons (Fsp3) is 0.0769. The summed E-state index contributed by atoms with van der Waals surface area (Å²) in [4.78, 5) is 0. The van der Waals surface area contributed by atoms with Gasteiger partial charge in [0, 0.05) is 6.54 Å². The minimum Gasteiger partial charge on any atom is -0.326 e. The molecular weight excluding hydrogens is 326 g/mol. The zero-order chi connectivity index (χ0) is 18.3. The molecular formula is C26H21N. The van der Waals surface area contributed by atoms with E-state index in [1.54, 1.807) is 0 Å². The highest BCUT2D eigenvalue weighted by Crippen LogP contribution is 2.56. The first-order chi connectivity index (χ1) is 13.4. The van der Waals surface area contributed by atoms with Crippen LogP contribution in [0.2, 0.25) is 0 Å². The van der Waals surface area contributed by atoms with Gasteiger partial charge in [0.1, 0.15) is 0 Å². The van der Waals surface area contributed by atoms with Crippen LogP contribution >= 0.6 is 0 Å². The molecule has 0 amide bonds. The summed E-state index contributed by atoms with van der Waals surface area (Å²) in [6.07, 6.45) is 0. The second-order valence-electron chi connectivity index (χ2n) is 7.11. The van der Waals surface area contributed by atoms with Gasteiger partial charge in [-0.2, -0.15) is 0 Å². The van der Waals surface area contributed by atoms with Crippen molar-refractivity contribution in [3.63, 3.8) is 0 Å². The van der Waals surface area contributed by atoms with Crippen LogP contribution in [-0.2, 0) is 12.0 Å². The Balaban J connectivity index is 1.97. The van der Waals surface area contributed by atoms with E-state index in [2.05, 4.69) is 103 Å². The molecule has 4 aromatic carbocycles. The van der Waals surface area contributed by atoms with Crippen LogP contribution in [0.5, 0.6) is 0 Å². The average Bonchev–Trinajstić information content (AvgIpc) is 3.05. The molecule has 27 heavy (non-hydrogen) atoms. The van der Waals surface area contributed by atoms with Gasteiger partial charge >= 0.3 is 0 Å². The molecule has 0 unspecified atom stereocenters. The van der Waals surface area contributed by atoms with Gasteiger partial charge in [-0.25, -0.2) is 0 Å². The Hall–Kier alpha value is -3.16. The number of hydrogen-bond acceptors (Lipinski definition) is 1. The van der Waals surface area contributed by atoms with Crippen LogP contribution in [0.25, 0.3) is 11.1 Å². The molecule has 0 radical (unpaired) electrons. The minimum atomic E-state index is -0.320. The van der Waals surface area contributed by atoms with Crippen molar-refractivity contribution in [2.45, 2.75) is 12.0 Å². The van der Waals surface area contributed by atoms with E-state index in [0.717, 1.165) is 5.56 Å². The monoisotopic (exact) mass is 347 g/mol. The lowest BCUT2D eigenvalue weighted by molar-refractivity contribution is 0.766. The summed E-state index contributed by atoms with van der Waals surface area (Å²) >= 11 is 0. The highest BCUT2D eigenvalue weighted by Gasteiger charge is 2.45. The first-order valence-corrected chi connectivity index (χ1v) is 9.40. The molecule has 0 saturated carbocycles. The second-order valence-corrected chi connectivity index (χ2v) is 7.11. The van der Waals surface area contributed by atoms with Gasteiger partial charge in [-0.3, -0.25) is 0 Å². The number of benzene rings is 4. The zero-order valence-electron chi connectivity index (χ0n) is 15.1. The maximum absolute atomic E-state index is 6.01. The smallest absolute Gasteiger partial charge is 0.0713 e. The Kier molecular flexibility index (Phi) is 3.70. The summed E-state index contributed by atoms with van der Waals surface area (Å²) in [5.74, 6) is 0. The van der Waals surface area contributed by atoms with Gasteiger partial charge in [0.2, 0.25) is 0 Å². The third kappa shape index (κ3) is 2.22. The second kappa shape index (κ2) is 6.22. The van der Waals surface area contributed by atoms with Gasteiger partial charge in [-0.15, -0.1) is 0 Å². The molecule has 0 heterocycles. The van der Waals surface area contributed by atoms with Gasteiger partial charge < -0.3 is 5.73 Å². The zero-order valence-corrected chi connectivity index (χ0v) is 15.1. The molecule has 0 aliphatic heterocycles. The molecule has 0 fully saturated rings. The Morgan fingerprint density at radius 2 is 1.11 bits per heavy atom. The van der Waals surface area contributed by atoms with E-state index in [1.165, 1.54) is 33.4 Å². The lowest BCUT2D eigenvalue weighted by atomic mass is 9.67. The predicted molar refractivity (Wildman–Crippen MR) is 112 cm³/mol. The maximum Gasteiger partial charge on any atom is 0.0713 e. The molecule has 0 bridgehead atoms. The quantitative estimate of drug-likeness (QED) is 0.458. The minimum absolute atomic E-state index is 0.320. The standard InChI is InChI=1S/C26H21N/c27-18-19-15-16-23-22-13-7-8-14-24(22)26(25(23)17-19,20-9-3-1-4-10-20)21-11-5-2-6-12-21/h1-17H,18,27H2. The molecule has 130 valence electrons. The molecule has 0 saturated heterocycles. The van der Waals surface area contributed by atoms with Crippen molar-refractivity contribution in [3.05, 3.63) is 131 Å². The van der Waals surface area contributed by atoms with Crippen molar-refractivity contribution in [1.29, 1.82) is 0 Å². The Morgan fingerprint density at radius 1 is 0.556 bits per heavy atom. The van der Waals surface area contributed by atoms with Gasteiger partial charge in [0.15, 0.2) is 0 Å². The van der Waals surface area contributed by atoms with Crippen LogP contribution in [0, 0.1) is 0 Å². The van der Waals surface area contributed by atoms with E-state index in [1.807, 2.05) is 0 Å². The van der Waals surface area contributed by atoms with Crippen molar-refractivity contribution in [2.24, 2.45) is 5.73 Å². The average molecular weight is 347 g/mol. The van der Waals surface area contributed by atoms with Crippen LogP contribution in [0.15, 0.2) is 103 Å². The van der Waals surface area contributed by atoms with Gasteiger partial charge in [0.25, 0.3) is 0 Å². The van der Waals surface area contributed by atoms with E-state index in [9.17, 15) is 0 Å². The molecule has 1 aliphatic carbocycles. The molecule has 0 atom stereocenters. The number of hydrogen-bond donors (Lipinski definition) is 1. The van der Waals surface area contributed by atoms with Crippen molar-refractivity contribution in [2.75, 3.05) is 0 Å². The largest absolute Gasteiger partial charge is 0.326 e. The molecule has 1 nitrogen and oxygen atoms in total. The van der Waals surface area contributed by atoms with E-state index in [-0.39, 0.29) is 5.41 Å². The molecule has 2 N–H and O–H groups in total. The summed E-state index contributed by atoms with van der Waals surface area (Å²) in [6, 6.07) is 37.2.